The fraction of sp³-hybridized carbons (Fsp3) is 0.522. The number of hydrogen-bond donors (Lipinski definition) is 2. The van der Waals surface area contributed by atoms with Crippen molar-refractivity contribution in [3.8, 4) is 0 Å². The normalized spacial score (nSPS) is 14.9. The summed E-state index contributed by atoms with van der Waals surface area (Å²) in [4.78, 5) is 36.5. The van der Waals surface area contributed by atoms with Crippen molar-refractivity contribution in [2.45, 2.75) is 69.4 Å². The van der Waals surface area contributed by atoms with Crippen LogP contribution in [0.25, 0.3) is 11.0 Å². The predicted octanol–water partition coefficient (Wildman–Crippen LogP) is 4.78. The molecule has 8 heteroatoms. The van der Waals surface area contributed by atoms with Gasteiger partial charge >= 0.3 is 12.0 Å². The molecule has 3 rings (SSSR count). The summed E-state index contributed by atoms with van der Waals surface area (Å²) in [6.45, 7) is 4.82. The Morgan fingerprint density at radius 2 is 1.84 bits per heavy atom. The first-order valence-corrected chi connectivity index (χ1v) is 11.7. The molecule has 0 spiro atoms. The molecule has 0 aliphatic heterocycles. The molecule has 0 saturated heterocycles. The van der Waals surface area contributed by atoms with Gasteiger partial charge in [-0.15, -0.1) is 0 Å². The van der Waals surface area contributed by atoms with E-state index < -0.39 is 30.1 Å². The van der Waals surface area contributed by atoms with Crippen molar-refractivity contribution in [2.24, 2.45) is 0 Å². The molecule has 0 unspecified atom stereocenters. The Kier molecular flexibility index (Phi) is 7.64. The quantitative estimate of drug-likeness (QED) is 0.620. The van der Waals surface area contributed by atoms with Crippen molar-refractivity contribution in [1.29, 1.82) is 0 Å². The second-order valence-electron chi connectivity index (χ2n) is 8.81. The Labute approximate surface area is 186 Å². The van der Waals surface area contributed by atoms with Crippen LogP contribution in [0.15, 0.2) is 28.7 Å². The van der Waals surface area contributed by atoms with E-state index in [-0.39, 0.29) is 5.76 Å². The molecule has 0 radical (unpaired) electrons. The SMILES string of the molecule is CC(C)(C)NC(=O)NC(=O)COC(=O)c1oc2ccccc2c1CSC1CCCCC1. The summed E-state index contributed by atoms with van der Waals surface area (Å²) in [5.74, 6) is -0.644. The molecule has 1 saturated carbocycles. The number of hydrogen-bond acceptors (Lipinski definition) is 6. The van der Waals surface area contributed by atoms with Gasteiger partial charge in [0.05, 0.1) is 0 Å². The maximum absolute atomic E-state index is 12.7. The van der Waals surface area contributed by atoms with E-state index in [0.717, 1.165) is 10.9 Å². The van der Waals surface area contributed by atoms with Crippen LogP contribution in [0.3, 0.4) is 0 Å². The van der Waals surface area contributed by atoms with Crippen LogP contribution in [-0.4, -0.2) is 35.3 Å². The second-order valence-corrected chi connectivity index (χ2v) is 10.1. The van der Waals surface area contributed by atoms with Crippen molar-refractivity contribution in [2.75, 3.05) is 6.61 Å². The van der Waals surface area contributed by atoms with Gasteiger partial charge in [-0.05, 0) is 39.7 Å². The Bertz CT molecular complexity index is 941. The van der Waals surface area contributed by atoms with Crippen molar-refractivity contribution in [3.05, 3.63) is 35.6 Å². The number of para-hydroxylation sites is 1. The summed E-state index contributed by atoms with van der Waals surface area (Å²) in [7, 11) is 0. The third kappa shape index (κ3) is 6.75. The molecular weight excluding hydrogens is 416 g/mol. The van der Waals surface area contributed by atoms with E-state index in [1.807, 2.05) is 36.0 Å². The van der Waals surface area contributed by atoms with Gasteiger partial charge in [-0.2, -0.15) is 11.8 Å². The third-order valence-electron chi connectivity index (χ3n) is 4.98. The van der Waals surface area contributed by atoms with Crippen molar-refractivity contribution >= 4 is 40.6 Å². The second kappa shape index (κ2) is 10.2. The standard InChI is InChI=1S/C23H30N2O5S/c1-23(2,3)25-22(28)24-19(26)13-29-21(27)20-17(14-31-15-9-5-4-6-10-15)16-11-7-8-12-18(16)30-20/h7-8,11-12,15H,4-6,9-10,13-14H2,1-3H3,(H2,24,25,26,28). The lowest BCUT2D eigenvalue weighted by Crippen LogP contribution is -2.49. The number of thioether (sulfide) groups is 1. The summed E-state index contributed by atoms with van der Waals surface area (Å²) in [5.41, 5.74) is 0.921. The summed E-state index contributed by atoms with van der Waals surface area (Å²) >= 11 is 1.84. The highest BCUT2D eigenvalue weighted by Gasteiger charge is 2.24. The molecule has 2 N–H and O–H groups in total. The molecule has 7 nitrogen and oxygen atoms in total. The number of carbonyl (C=O) groups is 3. The number of fused-ring (bicyclic) bond motifs is 1. The molecule has 2 aromatic rings. The number of imide groups is 1. The molecule has 0 atom stereocenters. The fourth-order valence-corrected chi connectivity index (χ4v) is 4.93. The molecule has 31 heavy (non-hydrogen) atoms. The number of amides is 3. The smallest absolute Gasteiger partial charge is 0.375 e. The van der Waals surface area contributed by atoms with Gasteiger partial charge in [0.2, 0.25) is 5.76 Å². The zero-order valence-electron chi connectivity index (χ0n) is 18.3. The van der Waals surface area contributed by atoms with Gasteiger partial charge < -0.3 is 14.5 Å². The number of rotatable bonds is 6. The Balaban J connectivity index is 1.64. The molecule has 1 fully saturated rings. The molecule has 1 aromatic heterocycles. The number of esters is 1. The molecule has 0 bridgehead atoms. The minimum atomic E-state index is -0.707. The average Bonchev–Trinajstić information content (AvgIpc) is 3.08. The third-order valence-corrected chi connectivity index (χ3v) is 6.37. The minimum Gasteiger partial charge on any atom is -0.450 e. The molecule has 1 aliphatic rings. The Hall–Kier alpha value is -2.48. The number of ether oxygens (including phenoxy) is 1. The zero-order chi connectivity index (χ0) is 22.4. The highest BCUT2D eigenvalue weighted by molar-refractivity contribution is 7.99. The van der Waals surface area contributed by atoms with Crippen LogP contribution < -0.4 is 10.6 Å². The average molecular weight is 447 g/mol. The topological polar surface area (TPSA) is 97.6 Å². The number of urea groups is 1. The van der Waals surface area contributed by atoms with Crippen molar-refractivity contribution in [3.63, 3.8) is 0 Å². The number of benzene rings is 1. The van der Waals surface area contributed by atoms with Crippen molar-refractivity contribution < 1.29 is 23.5 Å². The van der Waals surface area contributed by atoms with E-state index in [2.05, 4.69) is 10.6 Å². The maximum atomic E-state index is 12.7. The van der Waals surface area contributed by atoms with E-state index in [1.165, 1.54) is 32.1 Å². The number of carbonyl (C=O) groups excluding carboxylic acids is 3. The summed E-state index contributed by atoms with van der Waals surface area (Å²) in [6.07, 6.45) is 6.17. The Morgan fingerprint density at radius 3 is 2.55 bits per heavy atom. The lowest BCUT2D eigenvalue weighted by Gasteiger charge is -2.20. The summed E-state index contributed by atoms with van der Waals surface area (Å²) < 4.78 is 10.9. The first-order valence-electron chi connectivity index (χ1n) is 10.6. The van der Waals surface area contributed by atoms with Gasteiger partial charge in [-0.1, -0.05) is 37.5 Å². The van der Waals surface area contributed by atoms with Crippen LogP contribution in [0, 0.1) is 0 Å². The van der Waals surface area contributed by atoms with E-state index in [1.54, 1.807) is 20.8 Å². The summed E-state index contributed by atoms with van der Waals surface area (Å²) in [6, 6.07) is 6.85. The van der Waals surface area contributed by atoms with Gasteiger partial charge in [-0.25, -0.2) is 9.59 Å². The van der Waals surface area contributed by atoms with Gasteiger partial charge in [0, 0.05) is 27.5 Å². The van der Waals surface area contributed by atoms with E-state index in [4.69, 9.17) is 9.15 Å². The highest BCUT2D eigenvalue weighted by atomic mass is 32.2. The van der Waals surface area contributed by atoms with E-state index in [9.17, 15) is 14.4 Å². The van der Waals surface area contributed by atoms with Gasteiger partial charge in [0.15, 0.2) is 6.61 Å². The first kappa shape index (κ1) is 23.2. The molecule has 1 heterocycles. The van der Waals surface area contributed by atoms with Crippen LogP contribution in [0.5, 0.6) is 0 Å². The fourth-order valence-electron chi connectivity index (χ4n) is 3.57. The lowest BCUT2D eigenvalue weighted by atomic mass is 10.0. The van der Waals surface area contributed by atoms with Crippen LogP contribution in [0.4, 0.5) is 4.79 Å². The molecule has 1 aliphatic carbocycles. The van der Waals surface area contributed by atoms with Crippen LogP contribution >= 0.6 is 11.8 Å². The van der Waals surface area contributed by atoms with Crippen LogP contribution in [0.1, 0.15) is 69.0 Å². The van der Waals surface area contributed by atoms with E-state index in [0.29, 0.717) is 16.6 Å². The maximum Gasteiger partial charge on any atom is 0.375 e. The lowest BCUT2D eigenvalue weighted by molar-refractivity contribution is -0.123. The summed E-state index contributed by atoms with van der Waals surface area (Å²) in [5, 5.41) is 6.23. The first-order chi connectivity index (χ1) is 14.7. The van der Waals surface area contributed by atoms with Gasteiger partial charge in [-0.3, -0.25) is 10.1 Å². The predicted molar refractivity (Wildman–Crippen MR) is 121 cm³/mol. The molecular formula is C23H30N2O5S. The monoisotopic (exact) mass is 446 g/mol. The zero-order valence-corrected chi connectivity index (χ0v) is 19.1. The van der Waals surface area contributed by atoms with Crippen LogP contribution in [-0.2, 0) is 15.3 Å². The van der Waals surface area contributed by atoms with Gasteiger partial charge in [0.25, 0.3) is 5.91 Å². The van der Waals surface area contributed by atoms with Crippen molar-refractivity contribution in [1.82, 2.24) is 10.6 Å². The number of nitrogens with one attached hydrogen (secondary N) is 2. The molecule has 168 valence electrons. The Morgan fingerprint density at radius 1 is 1.13 bits per heavy atom. The van der Waals surface area contributed by atoms with Crippen LogP contribution in [0.2, 0.25) is 0 Å². The molecule has 1 aromatic carbocycles. The number of furan rings is 1. The minimum absolute atomic E-state index is 0.122. The highest BCUT2D eigenvalue weighted by Crippen LogP contribution is 2.35. The van der Waals surface area contributed by atoms with Gasteiger partial charge in [0.1, 0.15) is 5.58 Å². The molecule has 3 amide bonds. The van der Waals surface area contributed by atoms with E-state index >= 15 is 0 Å². The largest absolute Gasteiger partial charge is 0.450 e.